The van der Waals surface area contributed by atoms with E-state index in [4.69, 9.17) is 4.74 Å². The molecule has 12 heteroatoms. The highest BCUT2D eigenvalue weighted by atomic mass is 32.2. The standard InChI is InChI=1S/C18H17F2N3O6S/c19-13-4-5-17(16(20)10-13)29-12-18(24)21-6-8-22(9-7-21)30(27,28)15-3-1-2-14(11-15)23(25)26/h1-5,10-11H,6-9,12H2. The number of nitrogens with zero attached hydrogens (tertiary/aromatic N) is 3. The van der Waals surface area contributed by atoms with E-state index < -0.39 is 39.1 Å². The Balaban J connectivity index is 1.59. The van der Waals surface area contributed by atoms with Crippen LogP contribution in [-0.2, 0) is 14.8 Å². The zero-order chi connectivity index (χ0) is 21.9. The van der Waals surface area contributed by atoms with Crippen LogP contribution < -0.4 is 4.74 Å². The lowest BCUT2D eigenvalue weighted by atomic mass is 10.3. The fourth-order valence-electron chi connectivity index (χ4n) is 2.91. The van der Waals surface area contributed by atoms with Crippen molar-refractivity contribution in [1.29, 1.82) is 0 Å². The quantitative estimate of drug-likeness (QED) is 0.499. The van der Waals surface area contributed by atoms with Crippen LogP contribution in [-0.4, -0.2) is 61.2 Å². The number of nitro groups is 1. The summed E-state index contributed by atoms with van der Waals surface area (Å²) in [5.41, 5.74) is -0.338. The van der Waals surface area contributed by atoms with E-state index in [-0.39, 0.29) is 42.5 Å². The number of sulfonamides is 1. The molecule has 30 heavy (non-hydrogen) atoms. The van der Waals surface area contributed by atoms with Gasteiger partial charge >= 0.3 is 0 Å². The van der Waals surface area contributed by atoms with Crippen LogP contribution in [0.3, 0.4) is 0 Å². The van der Waals surface area contributed by atoms with Crippen molar-refractivity contribution in [2.75, 3.05) is 32.8 Å². The third-order valence-electron chi connectivity index (χ3n) is 4.50. The minimum absolute atomic E-state index is 0.0122. The molecule has 0 unspecified atom stereocenters. The Bertz CT molecular complexity index is 1070. The molecule has 1 fully saturated rings. The first-order valence-corrected chi connectivity index (χ1v) is 10.2. The van der Waals surface area contributed by atoms with E-state index in [1.807, 2.05) is 0 Å². The number of hydrogen-bond donors (Lipinski definition) is 0. The lowest BCUT2D eigenvalue weighted by Crippen LogP contribution is -2.51. The number of amides is 1. The second-order valence-corrected chi connectivity index (χ2v) is 8.34. The largest absolute Gasteiger partial charge is 0.481 e. The molecule has 0 spiro atoms. The van der Waals surface area contributed by atoms with Crippen molar-refractivity contribution in [3.63, 3.8) is 0 Å². The van der Waals surface area contributed by atoms with Gasteiger partial charge in [-0.05, 0) is 18.2 Å². The number of carbonyl (C=O) groups is 1. The predicted octanol–water partition coefficient (Wildman–Crippen LogP) is 1.78. The van der Waals surface area contributed by atoms with E-state index in [0.717, 1.165) is 22.5 Å². The van der Waals surface area contributed by atoms with Crippen LogP contribution >= 0.6 is 0 Å². The molecule has 1 aliphatic rings. The van der Waals surface area contributed by atoms with Crippen LogP contribution in [0.2, 0.25) is 0 Å². The molecular formula is C18H17F2N3O6S. The third kappa shape index (κ3) is 4.71. The Kier molecular flexibility index (Phi) is 6.27. The minimum atomic E-state index is -3.96. The Morgan fingerprint density at radius 3 is 2.43 bits per heavy atom. The fraction of sp³-hybridized carbons (Fsp3) is 0.278. The lowest BCUT2D eigenvalue weighted by Gasteiger charge is -2.33. The first kappa shape index (κ1) is 21.6. The van der Waals surface area contributed by atoms with Gasteiger partial charge in [-0.2, -0.15) is 4.31 Å². The maximum Gasteiger partial charge on any atom is 0.270 e. The van der Waals surface area contributed by atoms with E-state index in [9.17, 15) is 32.1 Å². The van der Waals surface area contributed by atoms with Gasteiger partial charge < -0.3 is 9.64 Å². The Morgan fingerprint density at radius 2 is 1.80 bits per heavy atom. The molecule has 0 N–H and O–H groups in total. The summed E-state index contributed by atoms with van der Waals surface area (Å²) in [4.78, 5) is 23.6. The van der Waals surface area contributed by atoms with Crippen molar-refractivity contribution in [2.24, 2.45) is 0 Å². The Labute approximate surface area is 170 Å². The summed E-state index contributed by atoms with van der Waals surface area (Å²) < 4.78 is 58.1. The van der Waals surface area contributed by atoms with Gasteiger partial charge in [-0.3, -0.25) is 14.9 Å². The van der Waals surface area contributed by atoms with Crippen molar-refractivity contribution in [1.82, 2.24) is 9.21 Å². The van der Waals surface area contributed by atoms with Crippen LogP contribution in [0.25, 0.3) is 0 Å². The highest BCUT2D eigenvalue weighted by molar-refractivity contribution is 7.89. The Hall–Kier alpha value is -3.12. The van der Waals surface area contributed by atoms with E-state index in [0.29, 0.717) is 6.07 Å². The normalized spacial score (nSPS) is 15.1. The van der Waals surface area contributed by atoms with Gasteiger partial charge in [-0.15, -0.1) is 0 Å². The van der Waals surface area contributed by atoms with E-state index in [2.05, 4.69) is 0 Å². The number of halogens is 2. The van der Waals surface area contributed by atoms with Crippen LogP contribution in [0.4, 0.5) is 14.5 Å². The number of rotatable bonds is 6. The van der Waals surface area contributed by atoms with Crippen LogP contribution in [0.5, 0.6) is 5.75 Å². The van der Waals surface area contributed by atoms with E-state index >= 15 is 0 Å². The molecule has 9 nitrogen and oxygen atoms in total. The van der Waals surface area contributed by atoms with Crippen LogP contribution in [0.15, 0.2) is 47.4 Å². The number of hydrogen-bond acceptors (Lipinski definition) is 6. The molecule has 0 radical (unpaired) electrons. The van der Waals surface area contributed by atoms with Gasteiger partial charge in [0, 0.05) is 44.4 Å². The number of nitro benzene ring substituents is 1. The van der Waals surface area contributed by atoms with Gasteiger partial charge in [0.15, 0.2) is 18.2 Å². The van der Waals surface area contributed by atoms with Crippen molar-refractivity contribution in [3.05, 3.63) is 64.2 Å². The molecule has 2 aromatic rings. The number of benzene rings is 2. The summed E-state index contributed by atoms with van der Waals surface area (Å²) in [5, 5.41) is 10.9. The van der Waals surface area contributed by atoms with E-state index in [1.54, 1.807) is 0 Å². The molecule has 0 aliphatic carbocycles. The van der Waals surface area contributed by atoms with Gasteiger partial charge in [0.25, 0.3) is 11.6 Å². The zero-order valence-corrected chi connectivity index (χ0v) is 16.3. The number of piperazine rings is 1. The molecule has 3 rings (SSSR count). The van der Waals surface area contributed by atoms with Gasteiger partial charge in [0.2, 0.25) is 10.0 Å². The molecule has 1 amide bonds. The molecular weight excluding hydrogens is 424 g/mol. The maximum absolute atomic E-state index is 13.6. The molecule has 0 bridgehead atoms. The number of ether oxygens (including phenoxy) is 1. The second kappa shape index (κ2) is 8.71. The fourth-order valence-corrected chi connectivity index (χ4v) is 4.37. The number of carbonyl (C=O) groups excluding carboxylic acids is 1. The topological polar surface area (TPSA) is 110 Å². The summed E-state index contributed by atoms with van der Waals surface area (Å²) >= 11 is 0. The predicted molar refractivity (Wildman–Crippen MR) is 100 cm³/mol. The van der Waals surface area contributed by atoms with Gasteiger partial charge in [-0.1, -0.05) is 6.07 Å². The summed E-state index contributed by atoms with van der Waals surface area (Å²) in [6.45, 7) is -0.367. The van der Waals surface area contributed by atoms with Gasteiger partial charge in [-0.25, -0.2) is 17.2 Å². The monoisotopic (exact) mass is 441 g/mol. The molecule has 0 aromatic heterocycles. The summed E-state index contributed by atoms with van der Waals surface area (Å²) in [7, 11) is -3.96. The highest BCUT2D eigenvalue weighted by Crippen LogP contribution is 2.22. The van der Waals surface area contributed by atoms with Crippen LogP contribution in [0.1, 0.15) is 0 Å². The second-order valence-electron chi connectivity index (χ2n) is 6.40. The average molecular weight is 441 g/mol. The zero-order valence-electron chi connectivity index (χ0n) is 15.5. The lowest BCUT2D eigenvalue weighted by molar-refractivity contribution is -0.385. The van der Waals surface area contributed by atoms with Gasteiger partial charge in [0.05, 0.1) is 9.82 Å². The molecule has 0 atom stereocenters. The van der Waals surface area contributed by atoms with Crippen molar-refractivity contribution >= 4 is 21.6 Å². The molecule has 1 aliphatic heterocycles. The van der Waals surface area contributed by atoms with Crippen LogP contribution in [0, 0.1) is 21.7 Å². The van der Waals surface area contributed by atoms with Crippen molar-refractivity contribution < 1.29 is 31.7 Å². The van der Waals surface area contributed by atoms with E-state index in [1.165, 1.54) is 23.1 Å². The first-order valence-electron chi connectivity index (χ1n) is 8.79. The summed E-state index contributed by atoms with van der Waals surface area (Å²) in [6.07, 6.45) is 0. The molecule has 1 heterocycles. The molecule has 160 valence electrons. The smallest absolute Gasteiger partial charge is 0.270 e. The SMILES string of the molecule is O=C(COc1ccc(F)cc1F)N1CCN(S(=O)(=O)c2cccc([N+](=O)[O-])c2)CC1. The minimum Gasteiger partial charge on any atom is -0.481 e. The summed E-state index contributed by atoms with van der Waals surface area (Å²) in [5.74, 6) is -2.45. The first-order chi connectivity index (χ1) is 14.2. The maximum atomic E-state index is 13.6. The third-order valence-corrected chi connectivity index (χ3v) is 6.40. The highest BCUT2D eigenvalue weighted by Gasteiger charge is 2.31. The molecule has 2 aromatic carbocycles. The summed E-state index contributed by atoms with van der Waals surface area (Å²) in [6, 6.07) is 7.44. The average Bonchev–Trinajstić information content (AvgIpc) is 2.73. The van der Waals surface area contributed by atoms with Gasteiger partial charge in [0.1, 0.15) is 5.82 Å². The molecule has 0 saturated carbocycles. The Morgan fingerprint density at radius 1 is 1.10 bits per heavy atom. The van der Waals surface area contributed by atoms with Crippen molar-refractivity contribution in [3.8, 4) is 5.75 Å². The van der Waals surface area contributed by atoms with Crippen molar-refractivity contribution in [2.45, 2.75) is 4.90 Å². The number of non-ortho nitro benzene ring substituents is 1. The molecule has 1 saturated heterocycles.